The van der Waals surface area contributed by atoms with Gasteiger partial charge < -0.3 is 20.1 Å². The highest BCUT2D eigenvalue weighted by molar-refractivity contribution is 6.33. The van der Waals surface area contributed by atoms with Gasteiger partial charge in [-0.3, -0.25) is 4.90 Å². The zero-order valence-corrected chi connectivity index (χ0v) is 21.7. The normalized spacial score (nSPS) is 19.6. The average Bonchev–Trinajstić information content (AvgIpc) is 3.07. The lowest BCUT2D eigenvalue weighted by atomic mass is 10.0. The van der Waals surface area contributed by atoms with Gasteiger partial charge in [-0.1, -0.05) is 35.3 Å². The number of aliphatic hydroxyl groups excluding tert-OH is 1. The standard InChI is InChI=1S/C27H30Cl2N4O2/c1-18-24(10-7-20(15-30)25(18)29)32-17-27(2,3)33(26(32)34)13-4-14-35-21-8-5-19(6-9-21)22-11-12-31-16-23(22)28/h5-12,26,31,34H,4,13-14,16-17H2,1-3H3. The molecule has 35 heavy (non-hydrogen) atoms. The van der Waals surface area contributed by atoms with Crippen molar-refractivity contribution >= 4 is 34.5 Å². The zero-order valence-electron chi connectivity index (χ0n) is 20.2. The first-order valence-corrected chi connectivity index (χ1v) is 12.4. The minimum atomic E-state index is -0.789. The molecule has 0 bridgehead atoms. The van der Waals surface area contributed by atoms with Crippen LogP contribution < -0.4 is 15.0 Å². The lowest BCUT2D eigenvalue weighted by Crippen LogP contribution is -2.46. The largest absolute Gasteiger partial charge is 0.494 e. The van der Waals surface area contributed by atoms with E-state index in [-0.39, 0.29) is 5.54 Å². The van der Waals surface area contributed by atoms with Gasteiger partial charge in [0, 0.05) is 29.3 Å². The highest BCUT2D eigenvalue weighted by Crippen LogP contribution is 2.37. The van der Waals surface area contributed by atoms with Crippen molar-refractivity contribution in [1.82, 2.24) is 10.2 Å². The van der Waals surface area contributed by atoms with Crippen molar-refractivity contribution in [3.8, 4) is 11.8 Å². The van der Waals surface area contributed by atoms with Crippen LogP contribution in [0.2, 0.25) is 5.02 Å². The second kappa shape index (κ2) is 10.5. The summed E-state index contributed by atoms with van der Waals surface area (Å²) in [5.41, 5.74) is 3.91. The number of nitrogens with zero attached hydrogens (tertiary/aromatic N) is 3. The summed E-state index contributed by atoms with van der Waals surface area (Å²) in [6.07, 6.45) is 3.84. The second-order valence-electron chi connectivity index (χ2n) is 9.42. The van der Waals surface area contributed by atoms with Gasteiger partial charge in [-0.2, -0.15) is 5.26 Å². The van der Waals surface area contributed by atoms with Crippen LogP contribution in [0.25, 0.3) is 5.57 Å². The molecule has 0 amide bonds. The molecule has 6 nitrogen and oxygen atoms in total. The fraction of sp³-hybridized carbons (Fsp3) is 0.370. The predicted octanol–water partition coefficient (Wildman–Crippen LogP) is 5.23. The Morgan fingerprint density at radius 2 is 1.94 bits per heavy atom. The van der Waals surface area contributed by atoms with E-state index in [1.807, 2.05) is 54.4 Å². The van der Waals surface area contributed by atoms with Crippen LogP contribution in [-0.2, 0) is 0 Å². The number of nitriles is 1. The molecule has 2 aromatic rings. The molecule has 8 heteroatoms. The van der Waals surface area contributed by atoms with Crippen LogP contribution in [0, 0.1) is 18.3 Å². The van der Waals surface area contributed by atoms with Gasteiger partial charge in [-0.15, -0.1) is 0 Å². The first-order valence-electron chi connectivity index (χ1n) is 11.7. The summed E-state index contributed by atoms with van der Waals surface area (Å²) in [5.74, 6) is 0.800. The number of benzene rings is 2. The van der Waals surface area contributed by atoms with E-state index in [1.54, 1.807) is 6.07 Å². The zero-order chi connectivity index (χ0) is 25.2. The molecule has 2 aliphatic rings. The number of aliphatic hydroxyl groups is 1. The fourth-order valence-corrected chi connectivity index (χ4v) is 5.11. The lowest BCUT2D eigenvalue weighted by Gasteiger charge is -2.32. The number of hydrogen-bond donors (Lipinski definition) is 2. The van der Waals surface area contributed by atoms with E-state index < -0.39 is 6.35 Å². The van der Waals surface area contributed by atoms with Crippen LogP contribution in [-0.4, -0.2) is 48.1 Å². The molecule has 0 saturated carbocycles. The molecule has 0 radical (unpaired) electrons. The van der Waals surface area contributed by atoms with E-state index in [1.165, 1.54) is 0 Å². The summed E-state index contributed by atoms with van der Waals surface area (Å²) in [6, 6.07) is 13.6. The Bertz CT molecular complexity index is 1180. The summed E-state index contributed by atoms with van der Waals surface area (Å²) < 4.78 is 5.96. The average molecular weight is 513 g/mol. The summed E-state index contributed by atoms with van der Waals surface area (Å²) >= 11 is 12.7. The number of rotatable bonds is 7. The van der Waals surface area contributed by atoms with Gasteiger partial charge in [0.2, 0.25) is 0 Å². The molecule has 2 aliphatic heterocycles. The maximum atomic E-state index is 11.1. The van der Waals surface area contributed by atoms with Crippen molar-refractivity contribution < 1.29 is 9.84 Å². The van der Waals surface area contributed by atoms with Crippen LogP contribution in [0.5, 0.6) is 5.75 Å². The van der Waals surface area contributed by atoms with Crippen LogP contribution in [0.15, 0.2) is 53.7 Å². The fourth-order valence-electron chi connectivity index (χ4n) is 4.66. The van der Waals surface area contributed by atoms with E-state index >= 15 is 0 Å². The van der Waals surface area contributed by atoms with E-state index in [4.69, 9.17) is 27.9 Å². The molecule has 2 heterocycles. The molecule has 2 N–H and O–H groups in total. The Morgan fingerprint density at radius 3 is 2.63 bits per heavy atom. The summed E-state index contributed by atoms with van der Waals surface area (Å²) in [4.78, 5) is 4.01. The summed E-state index contributed by atoms with van der Waals surface area (Å²) in [6.45, 7) is 8.60. The molecule has 1 fully saturated rings. The van der Waals surface area contributed by atoms with Crippen LogP contribution in [0.4, 0.5) is 5.69 Å². The predicted molar refractivity (Wildman–Crippen MR) is 142 cm³/mol. The smallest absolute Gasteiger partial charge is 0.187 e. The maximum Gasteiger partial charge on any atom is 0.187 e. The van der Waals surface area contributed by atoms with Gasteiger partial charge in [0.05, 0.1) is 23.7 Å². The van der Waals surface area contributed by atoms with Gasteiger partial charge >= 0.3 is 0 Å². The van der Waals surface area contributed by atoms with Crippen LogP contribution in [0.1, 0.15) is 37.0 Å². The van der Waals surface area contributed by atoms with E-state index in [0.29, 0.717) is 36.8 Å². The topological polar surface area (TPSA) is 71.8 Å². The van der Waals surface area contributed by atoms with E-state index in [2.05, 4.69) is 30.1 Å². The van der Waals surface area contributed by atoms with Crippen molar-refractivity contribution in [2.24, 2.45) is 0 Å². The highest BCUT2D eigenvalue weighted by Gasteiger charge is 2.44. The monoisotopic (exact) mass is 512 g/mol. The minimum absolute atomic E-state index is 0.247. The number of halogens is 2. The van der Waals surface area contributed by atoms with Gasteiger partial charge in [0.15, 0.2) is 6.35 Å². The van der Waals surface area contributed by atoms with Crippen molar-refractivity contribution in [3.05, 3.63) is 75.4 Å². The second-order valence-corrected chi connectivity index (χ2v) is 10.3. The van der Waals surface area contributed by atoms with Gasteiger partial charge in [-0.25, -0.2) is 0 Å². The van der Waals surface area contributed by atoms with Crippen molar-refractivity contribution in [3.63, 3.8) is 0 Å². The Hall–Kier alpha value is -2.69. The molecule has 1 saturated heterocycles. The molecule has 1 unspecified atom stereocenters. The highest BCUT2D eigenvalue weighted by atomic mass is 35.5. The minimum Gasteiger partial charge on any atom is -0.494 e. The molecule has 184 valence electrons. The number of dihydropyridines is 1. The molecule has 0 aliphatic carbocycles. The summed E-state index contributed by atoms with van der Waals surface area (Å²) in [5, 5.41) is 24.7. The number of allylic oxidation sites excluding steroid dienone is 2. The van der Waals surface area contributed by atoms with Crippen LogP contribution in [0.3, 0.4) is 0 Å². The number of ether oxygens (including phenoxy) is 1. The third-order valence-electron chi connectivity index (χ3n) is 6.57. The summed E-state index contributed by atoms with van der Waals surface area (Å²) in [7, 11) is 0. The Labute approximate surface area is 217 Å². The Kier molecular flexibility index (Phi) is 7.63. The first-order chi connectivity index (χ1) is 16.7. The molecular formula is C27H30Cl2N4O2. The molecule has 2 aromatic carbocycles. The third kappa shape index (κ3) is 5.29. The Morgan fingerprint density at radius 1 is 1.20 bits per heavy atom. The van der Waals surface area contributed by atoms with Gasteiger partial charge in [-0.05, 0) is 80.4 Å². The lowest BCUT2D eigenvalue weighted by molar-refractivity contribution is -0.00833. The molecule has 1 atom stereocenters. The third-order valence-corrected chi connectivity index (χ3v) is 7.40. The first kappa shape index (κ1) is 25.4. The van der Waals surface area contributed by atoms with Crippen molar-refractivity contribution in [1.29, 1.82) is 5.26 Å². The molecule has 0 spiro atoms. The number of nitrogens with one attached hydrogen (secondary N) is 1. The van der Waals surface area contributed by atoms with Crippen molar-refractivity contribution in [2.75, 3.05) is 31.1 Å². The number of anilines is 1. The quantitative estimate of drug-likeness (QED) is 0.494. The Balaban J connectivity index is 1.35. The SMILES string of the molecule is Cc1c(N2CC(C)(C)N(CCCOc3ccc(C4=C(Cl)CNC=C4)cc3)C2O)ccc(C#N)c1Cl. The van der Waals surface area contributed by atoms with Gasteiger partial charge in [0.25, 0.3) is 0 Å². The molecule has 4 rings (SSSR count). The number of hydrogen-bond acceptors (Lipinski definition) is 6. The molecular weight excluding hydrogens is 483 g/mol. The van der Waals surface area contributed by atoms with Crippen molar-refractivity contribution in [2.45, 2.75) is 39.1 Å². The van der Waals surface area contributed by atoms with E-state index in [9.17, 15) is 10.4 Å². The maximum absolute atomic E-state index is 11.1. The van der Waals surface area contributed by atoms with Gasteiger partial charge in [0.1, 0.15) is 11.8 Å². The van der Waals surface area contributed by atoms with Crippen LogP contribution >= 0.6 is 23.2 Å². The molecule has 0 aromatic heterocycles. The van der Waals surface area contributed by atoms with E-state index in [0.717, 1.165) is 39.6 Å².